The van der Waals surface area contributed by atoms with Gasteiger partial charge in [-0.05, 0) is 13.3 Å². The van der Waals surface area contributed by atoms with Crippen LogP contribution >= 0.6 is 0 Å². The molecule has 1 aliphatic rings. The number of alkyl halides is 1. The molecule has 2 unspecified atom stereocenters. The van der Waals surface area contributed by atoms with Crippen LogP contribution in [0.15, 0.2) is 12.4 Å². The summed E-state index contributed by atoms with van der Waals surface area (Å²) in [4.78, 5) is 0. The van der Waals surface area contributed by atoms with E-state index in [1.54, 1.807) is 17.8 Å². The maximum absolute atomic E-state index is 14.7. The third kappa shape index (κ3) is 3.29. The van der Waals surface area contributed by atoms with Crippen LogP contribution in [0.25, 0.3) is 0 Å². The van der Waals surface area contributed by atoms with Gasteiger partial charge in [0.05, 0.1) is 19.4 Å². The molecule has 1 fully saturated rings. The predicted molar refractivity (Wildman–Crippen MR) is 68.2 cm³/mol. The number of nitrogens with one attached hydrogen (secondary N) is 1. The molecule has 0 aromatic carbocycles. The number of morpholine rings is 1. The largest absolute Gasteiger partial charge is 0.379 e. The molecule has 1 N–H and O–H groups in total. The summed E-state index contributed by atoms with van der Waals surface area (Å²) in [6.07, 6.45) is 4.87. The number of aryl methyl sites for hydroxylation is 1. The minimum absolute atomic E-state index is 0.0864. The van der Waals surface area contributed by atoms with Crippen molar-refractivity contribution >= 4 is 0 Å². The van der Waals surface area contributed by atoms with E-state index in [4.69, 9.17) is 4.74 Å². The summed E-state index contributed by atoms with van der Waals surface area (Å²) in [5.41, 5.74) is -0.701. The molecule has 18 heavy (non-hydrogen) atoms. The SMILES string of the molecule is CCCn1cc(C(C)(F)CC2COCCN2)cn1. The highest BCUT2D eigenvalue weighted by Crippen LogP contribution is 2.30. The van der Waals surface area contributed by atoms with Crippen LogP contribution in [0.5, 0.6) is 0 Å². The van der Waals surface area contributed by atoms with E-state index in [9.17, 15) is 4.39 Å². The van der Waals surface area contributed by atoms with Crippen LogP contribution in [0.3, 0.4) is 0 Å². The molecule has 0 spiro atoms. The minimum atomic E-state index is -1.36. The Morgan fingerprint density at radius 1 is 1.67 bits per heavy atom. The first-order valence-corrected chi connectivity index (χ1v) is 6.65. The van der Waals surface area contributed by atoms with Crippen LogP contribution in [0, 0.1) is 0 Å². The Hall–Kier alpha value is -0.940. The van der Waals surface area contributed by atoms with Gasteiger partial charge < -0.3 is 10.1 Å². The fourth-order valence-corrected chi connectivity index (χ4v) is 2.32. The van der Waals surface area contributed by atoms with Crippen molar-refractivity contribution in [2.24, 2.45) is 0 Å². The van der Waals surface area contributed by atoms with Gasteiger partial charge in [0.1, 0.15) is 5.67 Å². The highest BCUT2D eigenvalue weighted by atomic mass is 19.1. The van der Waals surface area contributed by atoms with Crippen molar-refractivity contribution < 1.29 is 9.13 Å². The summed E-state index contributed by atoms with van der Waals surface area (Å²) in [6.45, 7) is 6.64. The zero-order valence-corrected chi connectivity index (χ0v) is 11.2. The quantitative estimate of drug-likeness (QED) is 0.873. The summed E-state index contributed by atoms with van der Waals surface area (Å²) in [7, 11) is 0. The van der Waals surface area contributed by atoms with E-state index in [0.717, 1.165) is 19.5 Å². The number of aromatic nitrogens is 2. The van der Waals surface area contributed by atoms with E-state index < -0.39 is 5.67 Å². The van der Waals surface area contributed by atoms with Crippen molar-refractivity contribution in [3.8, 4) is 0 Å². The second-order valence-electron chi connectivity index (χ2n) is 5.12. The second kappa shape index (κ2) is 5.80. The van der Waals surface area contributed by atoms with Crippen LogP contribution in [0.2, 0.25) is 0 Å². The lowest BCUT2D eigenvalue weighted by molar-refractivity contribution is 0.0474. The topological polar surface area (TPSA) is 39.1 Å². The molecule has 0 amide bonds. The van der Waals surface area contributed by atoms with Gasteiger partial charge in [-0.15, -0.1) is 0 Å². The van der Waals surface area contributed by atoms with Gasteiger partial charge in [0.2, 0.25) is 0 Å². The summed E-state index contributed by atoms with van der Waals surface area (Å²) >= 11 is 0. The molecule has 2 atom stereocenters. The fraction of sp³-hybridized carbons (Fsp3) is 0.769. The summed E-state index contributed by atoms with van der Waals surface area (Å²) < 4.78 is 21.9. The van der Waals surface area contributed by atoms with Gasteiger partial charge in [0.15, 0.2) is 0 Å². The Kier molecular flexibility index (Phi) is 4.35. The molecule has 102 valence electrons. The second-order valence-corrected chi connectivity index (χ2v) is 5.12. The fourth-order valence-electron chi connectivity index (χ4n) is 2.32. The van der Waals surface area contributed by atoms with Gasteiger partial charge in [-0.3, -0.25) is 4.68 Å². The zero-order valence-electron chi connectivity index (χ0n) is 11.2. The molecule has 4 nitrogen and oxygen atoms in total. The van der Waals surface area contributed by atoms with E-state index in [2.05, 4.69) is 17.3 Å². The van der Waals surface area contributed by atoms with Crippen LogP contribution in [-0.2, 0) is 17.0 Å². The Morgan fingerprint density at radius 2 is 2.50 bits per heavy atom. The molecule has 2 heterocycles. The van der Waals surface area contributed by atoms with Gasteiger partial charge >= 0.3 is 0 Å². The number of hydrogen-bond donors (Lipinski definition) is 1. The van der Waals surface area contributed by atoms with E-state index >= 15 is 0 Å². The van der Waals surface area contributed by atoms with E-state index in [1.165, 1.54) is 0 Å². The number of nitrogens with zero attached hydrogens (tertiary/aromatic N) is 2. The van der Waals surface area contributed by atoms with E-state index in [0.29, 0.717) is 25.2 Å². The molecule has 0 bridgehead atoms. The van der Waals surface area contributed by atoms with Gasteiger partial charge in [0, 0.05) is 37.3 Å². The van der Waals surface area contributed by atoms with Crippen LogP contribution in [0.4, 0.5) is 4.39 Å². The highest BCUT2D eigenvalue weighted by molar-refractivity contribution is 5.15. The van der Waals surface area contributed by atoms with Crippen LogP contribution in [-0.4, -0.2) is 35.6 Å². The molecular formula is C13H22FN3O. The Balaban J connectivity index is 1.99. The lowest BCUT2D eigenvalue weighted by Gasteiger charge is -2.29. The highest BCUT2D eigenvalue weighted by Gasteiger charge is 2.32. The average molecular weight is 255 g/mol. The molecule has 5 heteroatoms. The van der Waals surface area contributed by atoms with Crippen LogP contribution < -0.4 is 5.32 Å². The lowest BCUT2D eigenvalue weighted by atomic mass is 9.93. The smallest absolute Gasteiger partial charge is 0.137 e. The van der Waals surface area contributed by atoms with E-state index in [1.807, 2.05) is 6.20 Å². The van der Waals surface area contributed by atoms with Crippen LogP contribution in [0.1, 0.15) is 32.3 Å². The number of rotatable bonds is 5. The summed E-state index contributed by atoms with van der Waals surface area (Å²) in [6, 6.07) is 0.0864. The number of ether oxygens (including phenoxy) is 1. The molecule has 1 aromatic heterocycles. The predicted octanol–water partition coefficient (Wildman–Crippen LogP) is 1.86. The first kappa shape index (κ1) is 13.5. The molecule has 0 aliphatic carbocycles. The Labute approximate surface area is 108 Å². The third-order valence-electron chi connectivity index (χ3n) is 3.32. The first-order chi connectivity index (χ1) is 8.62. The molecule has 2 rings (SSSR count). The minimum Gasteiger partial charge on any atom is -0.379 e. The summed E-state index contributed by atoms with van der Waals surface area (Å²) in [5, 5.41) is 7.48. The standard InChI is InChI=1S/C13H22FN3O/c1-3-5-17-9-11(8-16-17)13(2,14)7-12-10-18-6-4-15-12/h8-9,12,15H,3-7,10H2,1-2H3. The third-order valence-corrected chi connectivity index (χ3v) is 3.32. The van der Waals surface area contributed by atoms with Gasteiger partial charge in [-0.1, -0.05) is 6.92 Å². The average Bonchev–Trinajstić information content (AvgIpc) is 2.80. The molecular weight excluding hydrogens is 233 g/mol. The van der Waals surface area contributed by atoms with Crippen molar-refractivity contribution in [2.75, 3.05) is 19.8 Å². The maximum Gasteiger partial charge on any atom is 0.137 e. The zero-order chi connectivity index (χ0) is 13.0. The van der Waals surface area contributed by atoms with E-state index in [-0.39, 0.29) is 6.04 Å². The van der Waals surface area contributed by atoms with Crippen molar-refractivity contribution in [1.29, 1.82) is 0 Å². The summed E-state index contributed by atoms with van der Waals surface area (Å²) in [5.74, 6) is 0. The normalized spacial score (nSPS) is 23.8. The Morgan fingerprint density at radius 3 is 3.17 bits per heavy atom. The van der Waals surface area contributed by atoms with Gasteiger partial charge in [-0.25, -0.2) is 4.39 Å². The van der Waals surface area contributed by atoms with Crippen molar-refractivity contribution in [1.82, 2.24) is 15.1 Å². The Bertz CT molecular complexity index is 372. The van der Waals surface area contributed by atoms with Crippen molar-refractivity contribution in [2.45, 2.75) is 44.9 Å². The van der Waals surface area contributed by atoms with Crippen molar-refractivity contribution in [3.63, 3.8) is 0 Å². The monoisotopic (exact) mass is 255 g/mol. The van der Waals surface area contributed by atoms with Gasteiger partial charge in [0.25, 0.3) is 0 Å². The number of halogens is 1. The molecule has 1 aliphatic heterocycles. The van der Waals surface area contributed by atoms with Gasteiger partial charge in [-0.2, -0.15) is 5.10 Å². The molecule has 1 saturated heterocycles. The molecule has 1 aromatic rings. The maximum atomic E-state index is 14.7. The lowest BCUT2D eigenvalue weighted by Crippen LogP contribution is -2.44. The number of hydrogen-bond acceptors (Lipinski definition) is 3. The molecule has 0 saturated carbocycles. The first-order valence-electron chi connectivity index (χ1n) is 6.65. The van der Waals surface area contributed by atoms with Crippen molar-refractivity contribution in [3.05, 3.63) is 18.0 Å². The molecule has 0 radical (unpaired) electrons.